The predicted octanol–water partition coefficient (Wildman–Crippen LogP) is 2.71. The van der Waals surface area contributed by atoms with Crippen LogP contribution in [-0.4, -0.2) is 16.9 Å². The second-order valence-corrected chi connectivity index (χ2v) is 5.22. The van der Waals surface area contributed by atoms with E-state index in [0.717, 1.165) is 17.8 Å². The zero-order valence-electron chi connectivity index (χ0n) is 9.33. The van der Waals surface area contributed by atoms with E-state index in [2.05, 4.69) is 5.32 Å². The van der Waals surface area contributed by atoms with E-state index in [-0.39, 0.29) is 0 Å². The first-order valence-electron chi connectivity index (χ1n) is 5.25. The standard InChI is InChI=1S/C13H11AsF3N/c14-10-3-7-12(8-4-10)18-11-5-1-9(2-6-11)13(15,16)17/h1-8,18H,14H2. The van der Waals surface area contributed by atoms with Crippen LogP contribution in [0.15, 0.2) is 48.5 Å². The second kappa shape index (κ2) is 5.07. The zero-order chi connectivity index (χ0) is 13.2. The summed E-state index contributed by atoms with van der Waals surface area (Å²) in [7, 11) is 0. The van der Waals surface area contributed by atoms with Crippen molar-refractivity contribution in [3.63, 3.8) is 0 Å². The third-order valence-electron chi connectivity index (χ3n) is 2.41. The topological polar surface area (TPSA) is 12.0 Å². The maximum atomic E-state index is 12.4. The van der Waals surface area contributed by atoms with Gasteiger partial charge in [-0.2, -0.15) is 0 Å². The fraction of sp³-hybridized carbons (Fsp3) is 0.0769. The van der Waals surface area contributed by atoms with E-state index in [1.807, 2.05) is 24.3 Å². The van der Waals surface area contributed by atoms with Crippen LogP contribution < -0.4 is 9.67 Å². The molecule has 1 atom stereocenters. The van der Waals surface area contributed by atoms with E-state index >= 15 is 0 Å². The van der Waals surface area contributed by atoms with Crippen molar-refractivity contribution < 1.29 is 13.2 Å². The van der Waals surface area contributed by atoms with Crippen molar-refractivity contribution in [1.29, 1.82) is 0 Å². The van der Waals surface area contributed by atoms with Crippen LogP contribution in [0.1, 0.15) is 5.56 Å². The first-order chi connectivity index (χ1) is 8.45. The molecule has 0 heterocycles. The molecule has 2 rings (SSSR count). The van der Waals surface area contributed by atoms with Crippen LogP contribution in [0.4, 0.5) is 24.5 Å². The molecule has 2 aromatic rings. The fourth-order valence-corrected chi connectivity index (χ4v) is 1.88. The Balaban J connectivity index is 2.13. The molecule has 5 heteroatoms. The van der Waals surface area contributed by atoms with Crippen LogP contribution in [0.5, 0.6) is 0 Å². The molecule has 1 N–H and O–H groups in total. The van der Waals surface area contributed by atoms with Gasteiger partial charge < -0.3 is 0 Å². The fourth-order valence-electron chi connectivity index (χ4n) is 1.48. The molecule has 18 heavy (non-hydrogen) atoms. The Morgan fingerprint density at radius 2 is 1.22 bits per heavy atom. The van der Waals surface area contributed by atoms with Gasteiger partial charge in [0.05, 0.1) is 0 Å². The Hall–Kier alpha value is -1.41. The monoisotopic (exact) mass is 313 g/mol. The Bertz CT molecular complexity index is 517. The van der Waals surface area contributed by atoms with Crippen LogP contribution >= 0.6 is 0 Å². The quantitative estimate of drug-likeness (QED) is 0.841. The van der Waals surface area contributed by atoms with E-state index in [4.69, 9.17) is 0 Å². The number of halogens is 3. The van der Waals surface area contributed by atoms with E-state index in [9.17, 15) is 13.2 Å². The molecule has 0 aliphatic heterocycles. The average molecular weight is 313 g/mol. The van der Waals surface area contributed by atoms with Gasteiger partial charge in [-0.25, -0.2) is 0 Å². The summed E-state index contributed by atoms with van der Waals surface area (Å²) in [5.41, 5.74) is 0.855. The molecule has 0 aliphatic rings. The summed E-state index contributed by atoms with van der Waals surface area (Å²) in [5.74, 6) is 0. The van der Waals surface area contributed by atoms with E-state index < -0.39 is 11.7 Å². The molecule has 0 fully saturated rings. The summed E-state index contributed by atoms with van der Waals surface area (Å²) >= 11 is 1.53. The molecular weight excluding hydrogens is 302 g/mol. The molecule has 0 aromatic heterocycles. The Morgan fingerprint density at radius 1 is 0.778 bits per heavy atom. The number of hydrogen-bond donors (Lipinski definition) is 1. The van der Waals surface area contributed by atoms with Crippen molar-refractivity contribution in [2.45, 2.75) is 6.18 Å². The predicted molar refractivity (Wildman–Crippen MR) is 69.3 cm³/mol. The van der Waals surface area contributed by atoms with Crippen LogP contribution in [0.2, 0.25) is 0 Å². The van der Waals surface area contributed by atoms with Gasteiger partial charge in [0.25, 0.3) is 0 Å². The molecule has 0 bridgehead atoms. The molecule has 2 aromatic carbocycles. The molecule has 1 nitrogen and oxygen atoms in total. The van der Waals surface area contributed by atoms with E-state index in [1.54, 1.807) is 0 Å². The minimum absolute atomic E-state index is 0.636. The summed E-state index contributed by atoms with van der Waals surface area (Å²) in [4.78, 5) is 0. The van der Waals surface area contributed by atoms with Gasteiger partial charge in [-0.15, -0.1) is 0 Å². The van der Waals surface area contributed by atoms with Crippen LogP contribution in [0.25, 0.3) is 0 Å². The molecule has 0 aliphatic carbocycles. The first kappa shape index (κ1) is 13.0. The number of nitrogens with one attached hydrogen (secondary N) is 1. The van der Waals surface area contributed by atoms with Gasteiger partial charge in [-0.1, -0.05) is 0 Å². The molecule has 1 unspecified atom stereocenters. The number of benzene rings is 2. The van der Waals surface area contributed by atoms with Gasteiger partial charge in [0.15, 0.2) is 0 Å². The number of anilines is 2. The van der Waals surface area contributed by atoms with Crippen LogP contribution in [-0.2, 0) is 6.18 Å². The maximum absolute atomic E-state index is 12.4. The summed E-state index contributed by atoms with van der Waals surface area (Å²) < 4.78 is 38.3. The molecular formula is C13H11AsF3N. The van der Waals surface area contributed by atoms with Crippen molar-refractivity contribution in [2.75, 3.05) is 5.32 Å². The van der Waals surface area contributed by atoms with Crippen LogP contribution in [0.3, 0.4) is 0 Å². The molecule has 0 saturated heterocycles. The Labute approximate surface area is 112 Å². The normalized spacial score (nSPS) is 11.3. The molecule has 0 amide bonds. The van der Waals surface area contributed by atoms with Crippen molar-refractivity contribution in [2.24, 2.45) is 0 Å². The third-order valence-corrected chi connectivity index (χ3v) is 3.22. The molecule has 94 valence electrons. The van der Waals surface area contributed by atoms with Gasteiger partial charge in [-0.05, 0) is 0 Å². The minimum atomic E-state index is -4.29. The van der Waals surface area contributed by atoms with Gasteiger partial charge in [0.2, 0.25) is 0 Å². The number of rotatable bonds is 2. The summed E-state index contributed by atoms with van der Waals surface area (Å²) in [6, 6.07) is 12.7. The Kier molecular flexibility index (Phi) is 3.67. The molecule has 0 radical (unpaired) electrons. The van der Waals surface area contributed by atoms with Gasteiger partial charge >= 0.3 is 111 Å². The summed E-state index contributed by atoms with van der Waals surface area (Å²) in [6.45, 7) is 0. The van der Waals surface area contributed by atoms with Gasteiger partial charge in [0.1, 0.15) is 0 Å². The third kappa shape index (κ3) is 3.30. The summed E-state index contributed by atoms with van der Waals surface area (Å²) in [5, 5.41) is 3.05. The first-order valence-corrected chi connectivity index (χ1v) is 6.46. The van der Waals surface area contributed by atoms with Crippen molar-refractivity contribution in [1.82, 2.24) is 0 Å². The second-order valence-electron chi connectivity index (χ2n) is 3.82. The van der Waals surface area contributed by atoms with Crippen molar-refractivity contribution in [3.8, 4) is 0 Å². The average Bonchev–Trinajstić information content (AvgIpc) is 2.32. The number of alkyl halides is 3. The van der Waals surface area contributed by atoms with Gasteiger partial charge in [-0.3, -0.25) is 0 Å². The van der Waals surface area contributed by atoms with E-state index in [0.29, 0.717) is 5.69 Å². The molecule has 0 saturated carbocycles. The SMILES string of the molecule is FC(F)(F)c1ccc(Nc2ccc([AsH2])cc2)cc1. The zero-order valence-corrected chi connectivity index (χ0v) is 11.8. The number of hydrogen-bond acceptors (Lipinski definition) is 1. The molecule has 0 spiro atoms. The van der Waals surface area contributed by atoms with Crippen molar-refractivity contribution in [3.05, 3.63) is 54.1 Å². The Morgan fingerprint density at radius 3 is 1.67 bits per heavy atom. The summed E-state index contributed by atoms with van der Waals surface area (Å²) in [6.07, 6.45) is -4.29. The van der Waals surface area contributed by atoms with Crippen molar-refractivity contribution >= 4 is 32.6 Å². The van der Waals surface area contributed by atoms with E-state index in [1.165, 1.54) is 33.3 Å². The van der Waals surface area contributed by atoms with Crippen LogP contribution in [0, 0.1) is 0 Å². The van der Waals surface area contributed by atoms with Gasteiger partial charge in [0, 0.05) is 0 Å².